The first-order valence-corrected chi connectivity index (χ1v) is 5.94. The van der Waals surface area contributed by atoms with Crippen molar-refractivity contribution < 1.29 is 19.2 Å². The molecule has 0 aliphatic carbocycles. The molecule has 1 aromatic rings. The Morgan fingerprint density at radius 2 is 2.28 bits per heavy atom. The molecule has 0 spiro atoms. The van der Waals surface area contributed by atoms with Crippen molar-refractivity contribution in [1.82, 2.24) is 15.0 Å². The lowest BCUT2D eigenvalue weighted by molar-refractivity contribution is -0.135. The second kappa shape index (κ2) is 5.92. The van der Waals surface area contributed by atoms with Crippen LogP contribution in [0.5, 0.6) is 0 Å². The monoisotopic (exact) mass is 255 g/mol. The molecule has 0 saturated carbocycles. The topological polar surface area (TPSA) is 88.7 Å². The van der Waals surface area contributed by atoms with Crippen LogP contribution in [0.25, 0.3) is 0 Å². The number of likely N-dealkylation sites (tertiary alicyclic amines) is 1. The lowest BCUT2D eigenvalue weighted by Gasteiger charge is -2.30. The van der Waals surface area contributed by atoms with E-state index in [2.05, 4.69) is 10.1 Å². The number of ether oxygens (including phenoxy) is 1. The quantitative estimate of drug-likeness (QED) is 0.809. The fraction of sp³-hybridized carbons (Fsp3) is 0.727. The molecule has 1 amide bonds. The smallest absolute Gasteiger partial charge is 0.252 e. The zero-order valence-electron chi connectivity index (χ0n) is 10.3. The summed E-state index contributed by atoms with van der Waals surface area (Å²) in [4.78, 5) is 17.2. The number of carbonyl (C=O) groups excluding carboxylic acids is 1. The molecule has 0 radical (unpaired) electrons. The van der Waals surface area contributed by atoms with Crippen LogP contribution in [0.15, 0.2) is 4.52 Å². The van der Waals surface area contributed by atoms with Gasteiger partial charge in [-0.15, -0.1) is 0 Å². The minimum absolute atomic E-state index is 0.210. The van der Waals surface area contributed by atoms with Crippen LogP contribution in [0.1, 0.15) is 30.5 Å². The fourth-order valence-corrected chi connectivity index (χ4v) is 2.10. The number of carbonyl (C=O) groups is 1. The van der Waals surface area contributed by atoms with Crippen LogP contribution in [-0.2, 0) is 16.1 Å². The molecule has 1 saturated heterocycles. The van der Waals surface area contributed by atoms with Crippen molar-refractivity contribution in [3.8, 4) is 0 Å². The van der Waals surface area contributed by atoms with Crippen molar-refractivity contribution in [3.05, 3.63) is 11.7 Å². The van der Waals surface area contributed by atoms with Gasteiger partial charge in [-0.3, -0.25) is 4.79 Å². The Kier molecular flexibility index (Phi) is 4.27. The van der Waals surface area contributed by atoms with Gasteiger partial charge in [-0.05, 0) is 12.8 Å². The number of aliphatic hydroxyl groups excluding tert-OH is 1. The van der Waals surface area contributed by atoms with Crippen LogP contribution in [0.3, 0.4) is 0 Å². The second-order valence-electron chi connectivity index (χ2n) is 4.29. The van der Waals surface area contributed by atoms with E-state index in [9.17, 15) is 4.79 Å². The maximum absolute atomic E-state index is 11.3. The Labute approximate surface area is 105 Å². The average Bonchev–Trinajstić information content (AvgIpc) is 2.87. The van der Waals surface area contributed by atoms with E-state index in [1.165, 1.54) is 0 Å². The highest BCUT2D eigenvalue weighted by Gasteiger charge is 2.26. The molecule has 1 aliphatic rings. The SMILES string of the molecule is COCc1nc(C2CCN(C(=O)CO)CC2)no1. The number of nitrogens with zero attached hydrogens (tertiary/aromatic N) is 3. The minimum Gasteiger partial charge on any atom is -0.387 e. The lowest BCUT2D eigenvalue weighted by atomic mass is 9.96. The Hall–Kier alpha value is -1.47. The van der Waals surface area contributed by atoms with Gasteiger partial charge in [0, 0.05) is 26.1 Å². The van der Waals surface area contributed by atoms with E-state index in [0.717, 1.165) is 12.8 Å². The largest absolute Gasteiger partial charge is 0.387 e. The van der Waals surface area contributed by atoms with Gasteiger partial charge in [-0.1, -0.05) is 5.16 Å². The van der Waals surface area contributed by atoms with Gasteiger partial charge in [-0.25, -0.2) is 0 Å². The molecule has 1 fully saturated rings. The van der Waals surface area contributed by atoms with E-state index in [0.29, 0.717) is 31.4 Å². The molecule has 1 aromatic heterocycles. The van der Waals surface area contributed by atoms with Gasteiger partial charge < -0.3 is 19.3 Å². The zero-order chi connectivity index (χ0) is 13.0. The van der Waals surface area contributed by atoms with Crippen molar-refractivity contribution >= 4 is 5.91 Å². The highest BCUT2D eigenvalue weighted by atomic mass is 16.5. The predicted molar refractivity (Wildman–Crippen MR) is 60.7 cm³/mol. The maximum atomic E-state index is 11.3. The Bertz CT molecular complexity index is 399. The lowest BCUT2D eigenvalue weighted by Crippen LogP contribution is -2.39. The minimum atomic E-state index is -0.426. The number of hydrogen-bond donors (Lipinski definition) is 1. The molecule has 7 nitrogen and oxygen atoms in total. The third kappa shape index (κ3) is 2.85. The number of piperidine rings is 1. The van der Waals surface area contributed by atoms with Crippen molar-refractivity contribution in [1.29, 1.82) is 0 Å². The molecule has 2 rings (SSSR count). The van der Waals surface area contributed by atoms with Gasteiger partial charge in [-0.2, -0.15) is 4.98 Å². The molecule has 100 valence electrons. The molecule has 1 aliphatic heterocycles. The number of amides is 1. The van der Waals surface area contributed by atoms with Crippen LogP contribution in [0, 0.1) is 0 Å². The molecule has 0 bridgehead atoms. The van der Waals surface area contributed by atoms with E-state index in [4.69, 9.17) is 14.4 Å². The number of rotatable bonds is 4. The first kappa shape index (κ1) is 13.0. The second-order valence-corrected chi connectivity index (χ2v) is 4.29. The van der Waals surface area contributed by atoms with Crippen LogP contribution < -0.4 is 0 Å². The summed E-state index contributed by atoms with van der Waals surface area (Å²) >= 11 is 0. The summed E-state index contributed by atoms with van der Waals surface area (Å²) in [6, 6.07) is 0. The van der Waals surface area contributed by atoms with E-state index in [1.54, 1.807) is 12.0 Å². The standard InChI is InChI=1S/C11H17N3O4/c1-17-7-9-12-11(13-18-9)8-2-4-14(5-3-8)10(16)6-15/h8,15H,2-7H2,1H3. The molecular weight excluding hydrogens is 238 g/mol. The van der Waals surface area contributed by atoms with E-state index in [-0.39, 0.29) is 11.8 Å². The number of methoxy groups -OCH3 is 1. The van der Waals surface area contributed by atoms with E-state index in [1.807, 2.05) is 0 Å². The summed E-state index contributed by atoms with van der Waals surface area (Å²) in [6.45, 7) is 1.14. The van der Waals surface area contributed by atoms with Crippen LogP contribution in [0.2, 0.25) is 0 Å². The molecule has 0 aromatic carbocycles. The van der Waals surface area contributed by atoms with Crippen molar-refractivity contribution in [2.75, 3.05) is 26.8 Å². The van der Waals surface area contributed by atoms with Gasteiger partial charge in [0.25, 0.3) is 5.89 Å². The molecule has 18 heavy (non-hydrogen) atoms. The number of aliphatic hydroxyl groups is 1. The summed E-state index contributed by atoms with van der Waals surface area (Å²) in [6.07, 6.45) is 1.58. The van der Waals surface area contributed by atoms with Gasteiger partial charge in [0.05, 0.1) is 0 Å². The van der Waals surface area contributed by atoms with Crippen molar-refractivity contribution in [2.24, 2.45) is 0 Å². The molecule has 7 heteroatoms. The van der Waals surface area contributed by atoms with Crippen LogP contribution in [-0.4, -0.2) is 52.9 Å². The first-order valence-electron chi connectivity index (χ1n) is 5.94. The number of aromatic nitrogens is 2. The first-order chi connectivity index (χ1) is 8.74. The maximum Gasteiger partial charge on any atom is 0.252 e. The normalized spacial score (nSPS) is 17.1. The van der Waals surface area contributed by atoms with Gasteiger partial charge in [0.15, 0.2) is 5.82 Å². The van der Waals surface area contributed by atoms with Gasteiger partial charge in [0.1, 0.15) is 13.2 Å². The summed E-state index contributed by atoms with van der Waals surface area (Å²) in [7, 11) is 1.57. The Morgan fingerprint density at radius 3 is 2.89 bits per heavy atom. The third-order valence-electron chi connectivity index (χ3n) is 3.10. The molecular formula is C11H17N3O4. The fourth-order valence-electron chi connectivity index (χ4n) is 2.10. The van der Waals surface area contributed by atoms with Crippen molar-refractivity contribution in [2.45, 2.75) is 25.4 Å². The molecule has 0 atom stereocenters. The highest BCUT2D eigenvalue weighted by molar-refractivity contribution is 5.77. The van der Waals surface area contributed by atoms with Gasteiger partial charge >= 0.3 is 0 Å². The molecule has 2 heterocycles. The third-order valence-corrected chi connectivity index (χ3v) is 3.10. The van der Waals surface area contributed by atoms with Crippen LogP contribution >= 0.6 is 0 Å². The summed E-state index contributed by atoms with van der Waals surface area (Å²) in [5, 5.41) is 12.7. The van der Waals surface area contributed by atoms with Crippen molar-refractivity contribution in [3.63, 3.8) is 0 Å². The van der Waals surface area contributed by atoms with Crippen LogP contribution in [0.4, 0.5) is 0 Å². The van der Waals surface area contributed by atoms with E-state index < -0.39 is 6.61 Å². The average molecular weight is 255 g/mol. The summed E-state index contributed by atoms with van der Waals surface area (Å²) in [5.74, 6) is 1.14. The molecule has 0 unspecified atom stereocenters. The zero-order valence-corrected chi connectivity index (χ0v) is 10.3. The summed E-state index contributed by atoms with van der Waals surface area (Å²) in [5.41, 5.74) is 0. The van der Waals surface area contributed by atoms with Gasteiger partial charge in [0.2, 0.25) is 5.91 Å². The Balaban J connectivity index is 1.90. The number of hydrogen-bond acceptors (Lipinski definition) is 6. The Morgan fingerprint density at radius 1 is 1.56 bits per heavy atom. The predicted octanol–water partition coefficient (Wildman–Crippen LogP) is -0.0857. The summed E-state index contributed by atoms with van der Waals surface area (Å²) < 4.78 is 9.96. The molecule has 1 N–H and O–H groups in total. The highest BCUT2D eigenvalue weighted by Crippen LogP contribution is 2.25. The van der Waals surface area contributed by atoms with E-state index >= 15 is 0 Å².